The lowest BCUT2D eigenvalue weighted by Gasteiger charge is -2.17. The van der Waals surface area contributed by atoms with Crippen molar-refractivity contribution in [3.8, 4) is 17.1 Å². The third-order valence-corrected chi connectivity index (χ3v) is 5.96. The Kier molecular flexibility index (Phi) is 4.85. The third-order valence-electron chi connectivity index (χ3n) is 5.20. The van der Waals surface area contributed by atoms with E-state index in [1.54, 1.807) is 6.20 Å². The van der Waals surface area contributed by atoms with Gasteiger partial charge in [0.15, 0.2) is 16.9 Å². The maximum absolute atomic E-state index is 12.1. The van der Waals surface area contributed by atoms with Crippen LogP contribution in [0.5, 0.6) is 5.88 Å². The molecule has 0 radical (unpaired) electrons. The average Bonchev–Trinajstić information content (AvgIpc) is 3.37. The van der Waals surface area contributed by atoms with Crippen LogP contribution in [0, 0.1) is 0 Å². The summed E-state index contributed by atoms with van der Waals surface area (Å²) in [5.41, 5.74) is 3.60. The number of aromatic nitrogens is 2. The molecule has 0 saturated heterocycles. The molecule has 2 aliphatic carbocycles. The van der Waals surface area contributed by atoms with Gasteiger partial charge in [-0.15, -0.1) is 11.3 Å². The third kappa shape index (κ3) is 3.67. The first-order chi connectivity index (χ1) is 14.3. The lowest BCUT2D eigenvalue weighted by atomic mass is 9.98. The molecule has 2 aromatic rings. The number of guanidine groups is 1. The smallest absolute Gasteiger partial charge is 0.228 e. The highest BCUT2D eigenvalue weighted by molar-refractivity contribution is 7.14. The van der Waals surface area contributed by atoms with Crippen LogP contribution in [0.4, 0.5) is 5.13 Å². The molecule has 0 spiro atoms. The van der Waals surface area contributed by atoms with Crippen LogP contribution in [0.3, 0.4) is 0 Å². The van der Waals surface area contributed by atoms with Crippen LogP contribution in [-0.4, -0.2) is 34.8 Å². The average molecular weight is 407 g/mol. The van der Waals surface area contributed by atoms with E-state index in [0.29, 0.717) is 12.3 Å². The Balaban J connectivity index is 1.39. The molecular formula is C21H21N5O2S. The summed E-state index contributed by atoms with van der Waals surface area (Å²) in [6.07, 6.45) is 7.79. The number of carbonyl (C=O) groups excluding carboxylic acids is 1. The number of Topliss-reactive ketones (excluding diaryl/α,β-unsaturated/α-hetero) is 1. The zero-order valence-corrected chi connectivity index (χ0v) is 16.7. The highest BCUT2D eigenvalue weighted by Gasteiger charge is 2.29. The molecule has 2 aromatic heterocycles. The molecule has 8 heteroatoms. The monoisotopic (exact) mass is 407 g/mol. The second-order valence-corrected chi connectivity index (χ2v) is 7.98. The van der Waals surface area contributed by atoms with Crippen LogP contribution in [-0.2, 0) is 4.79 Å². The van der Waals surface area contributed by atoms with Crippen molar-refractivity contribution >= 4 is 28.2 Å². The topological polar surface area (TPSA) is 88.5 Å². The van der Waals surface area contributed by atoms with E-state index < -0.39 is 0 Å². The number of nitrogens with zero attached hydrogens (tertiary/aromatic N) is 3. The molecule has 0 bridgehead atoms. The van der Waals surface area contributed by atoms with E-state index in [-0.39, 0.29) is 5.78 Å². The first kappa shape index (κ1) is 18.1. The molecule has 29 heavy (non-hydrogen) atoms. The number of thiazole rings is 1. The van der Waals surface area contributed by atoms with Gasteiger partial charge in [-0.2, -0.15) is 0 Å². The first-order valence-corrected chi connectivity index (χ1v) is 10.8. The number of ether oxygens (including phenoxy) is 1. The highest BCUT2D eigenvalue weighted by Crippen LogP contribution is 2.38. The van der Waals surface area contributed by atoms with E-state index >= 15 is 0 Å². The summed E-state index contributed by atoms with van der Waals surface area (Å²) in [5.74, 6) is 2.30. The van der Waals surface area contributed by atoms with Gasteiger partial charge in [-0.25, -0.2) is 9.97 Å². The van der Waals surface area contributed by atoms with Gasteiger partial charge in [0.05, 0.1) is 11.3 Å². The summed E-state index contributed by atoms with van der Waals surface area (Å²) in [5, 5.41) is 9.22. The molecule has 0 unspecified atom stereocenters. The minimum atomic E-state index is 0.255. The number of carbonyl (C=O) groups is 1. The highest BCUT2D eigenvalue weighted by atomic mass is 32.1. The number of rotatable bonds is 4. The normalized spacial score (nSPS) is 18.7. The number of anilines is 1. The maximum atomic E-state index is 12.1. The Hall–Kier alpha value is -3.00. The minimum absolute atomic E-state index is 0.255. The van der Waals surface area contributed by atoms with Gasteiger partial charge in [0.25, 0.3) is 0 Å². The summed E-state index contributed by atoms with van der Waals surface area (Å²) in [4.78, 5) is 25.6. The predicted molar refractivity (Wildman–Crippen MR) is 113 cm³/mol. The van der Waals surface area contributed by atoms with Crippen molar-refractivity contribution in [2.24, 2.45) is 4.99 Å². The molecule has 0 aromatic carbocycles. The number of pyridine rings is 1. The van der Waals surface area contributed by atoms with Crippen molar-refractivity contribution in [3.05, 3.63) is 46.7 Å². The number of hydrogen-bond acceptors (Lipinski definition) is 8. The first-order valence-electron chi connectivity index (χ1n) is 9.88. The molecule has 0 atom stereocenters. The van der Waals surface area contributed by atoms with Crippen molar-refractivity contribution in [2.45, 2.75) is 32.1 Å². The van der Waals surface area contributed by atoms with Gasteiger partial charge in [-0.05, 0) is 43.9 Å². The fourth-order valence-electron chi connectivity index (χ4n) is 3.79. The van der Waals surface area contributed by atoms with Gasteiger partial charge in [0, 0.05) is 42.2 Å². The Bertz CT molecular complexity index is 1050. The van der Waals surface area contributed by atoms with Crippen LogP contribution in [0.25, 0.3) is 11.3 Å². The van der Waals surface area contributed by atoms with Crippen LogP contribution in [0.2, 0.25) is 0 Å². The maximum Gasteiger partial charge on any atom is 0.228 e. The van der Waals surface area contributed by atoms with Gasteiger partial charge in [0.1, 0.15) is 5.76 Å². The summed E-state index contributed by atoms with van der Waals surface area (Å²) >= 11 is 1.51. The predicted octanol–water partition coefficient (Wildman–Crippen LogP) is 3.68. The molecule has 3 heterocycles. The van der Waals surface area contributed by atoms with Crippen molar-refractivity contribution in [1.29, 1.82) is 0 Å². The minimum Gasteiger partial charge on any atom is -0.438 e. The number of ketones is 1. The quantitative estimate of drug-likeness (QED) is 0.804. The molecule has 7 nitrogen and oxygen atoms in total. The molecule has 3 aliphatic rings. The van der Waals surface area contributed by atoms with Gasteiger partial charge < -0.3 is 15.4 Å². The molecule has 0 amide bonds. The lowest BCUT2D eigenvalue weighted by molar-refractivity contribution is -0.115. The van der Waals surface area contributed by atoms with E-state index in [2.05, 4.69) is 31.7 Å². The van der Waals surface area contributed by atoms with Gasteiger partial charge in [-0.3, -0.25) is 9.79 Å². The second-order valence-electron chi connectivity index (χ2n) is 7.12. The van der Waals surface area contributed by atoms with E-state index in [0.717, 1.165) is 78.0 Å². The SMILES string of the molecule is O=C1CCC2=C1CCC=C2Oc1ncccc1-c1csc(NC2=NCCCN2)n1. The fraction of sp³-hybridized carbons (Fsp3) is 0.333. The summed E-state index contributed by atoms with van der Waals surface area (Å²) in [6.45, 7) is 1.74. The van der Waals surface area contributed by atoms with E-state index in [1.165, 1.54) is 11.3 Å². The molecule has 148 valence electrons. The molecule has 1 aliphatic heterocycles. The fourth-order valence-corrected chi connectivity index (χ4v) is 4.50. The largest absolute Gasteiger partial charge is 0.438 e. The van der Waals surface area contributed by atoms with Gasteiger partial charge >= 0.3 is 0 Å². The van der Waals surface area contributed by atoms with E-state index in [1.807, 2.05) is 17.5 Å². The van der Waals surface area contributed by atoms with Crippen LogP contribution >= 0.6 is 11.3 Å². The summed E-state index contributed by atoms with van der Waals surface area (Å²) in [6, 6.07) is 3.83. The summed E-state index contributed by atoms with van der Waals surface area (Å²) in [7, 11) is 0. The Morgan fingerprint density at radius 1 is 1.21 bits per heavy atom. The molecule has 0 saturated carbocycles. The lowest BCUT2D eigenvalue weighted by Crippen LogP contribution is -2.35. The van der Waals surface area contributed by atoms with Crippen LogP contribution in [0.15, 0.2) is 51.7 Å². The second kappa shape index (κ2) is 7.79. The molecule has 2 N–H and O–H groups in total. The number of allylic oxidation sites excluding steroid dienone is 3. The Labute approximate surface area is 172 Å². The van der Waals surface area contributed by atoms with Gasteiger partial charge in [0.2, 0.25) is 5.88 Å². The van der Waals surface area contributed by atoms with Crippen molar-refractivity contribution in [3.63, 3.8) is 0 Å². The number of hydrogen-bond donors (Lipinski definition) is 2. The Morgan fingerprint density at radius 2 is 2.17 bits per heavy atom. The molecular weight excluding hydrogens is 386 g/mol. The standard InChI is InChI=1S/C21H21N5O2S/c27-17-8-7-14-13(17)4-1-6-18(14)28-19-15(5-2-9-22-19)16-12-29-21(25-16)26-20-23-10-3-11-24-20/h2,5-6,9,12H,1,3-4,7-8,10-11H2,(H2,23,24,25,26). The van der Waals surface area contributed by atoms with Crippen LogP contribution in [0.1, 0.15) is 32.1 Å². The zero-order chi connectivity index (χ0) is 19.6. The van der Waals surface area contributed by atoms with Gasteiger partial charge in [-0.1, -0.05) is 0 Å². The van der Waals surface area contributed by atoms with Crippen molar-refractivity contribution < 1.29 is 9.53 Å². The Morgan fingerprint density at radius 3 is 3.07 bits per heavy atom. The van der Waals surface area contributed by atoms with Crippen LogP contribution < -0.4 is 15.4 Å². The van der Waals surface area contributed by atoms with E-state index in [9.17, 15) is 4.79 Å². The van der Waals surface area contributed by atoms with E-state index in [4.69, 9.17) is 4.74 Å². The van der Waals surface area contributed by atoms with Crippen molar-refractivity contribution in [2.75, 3.05) is 18.4 Å². The number of aliphatic imine (C=N–C) groups is 1. The van der Waals surface area contributed by atoms with Crippen molar-refractivity contribution in [1.82, 2.24) is 15.3 Å². The summed E-state index contributed by atoms with van der Waals surface area (Å²) < 4.78 is 6.21. The zero-order valence-electron chi connectivity index (χ0n) is 15.9. The molecule has 5 rings (SSSR count). The molecule has 0 fully saturated rings. The number of nitrogens with one attached hydrogen (secondary N) is 2.